The van der Waals surface area contributed by atoms with Crippen LogP contribution in [0, 0.1) is 13.8 Å². The highest BCUT2D eigenvalue weighted by molar-refractivity contribution is 5.80. The van der Waals surface area contributed by atoms with Crippen LogP contribution in [0.4, 0.5) is 0 Å². The molecule has 9 heteroatoms. The van der Waals surface area contributed by atoms with E-state index in [4.69, 9.17) is 9.47 Å². The Bertz CT molecular complexity index is 1160. The van der Waals surface area contributed by atoms with E-state index < -0.39 is 0 Å². The van der Waals surface area contributed by atoms with E-state index >= 15 is 0 Å². The summed E-state index contributed by atoms with van der Waals surface area (Å²) < 4.78 is 13.5. The lowest BCUT2D eigenvalue weighted by Gasteiger charge is -2.25. The number of pyridine rings is 1. The highest BCUT2D eigenvalue weighted by Crippen LogP contribution is 2.20. The van der Waals surface area contributed by atoms with Gasteiger partial charge in [0, 0.05) is 37.4 Å². The summed E-state index contributed by atoms with van der Waals surface area (Å²) in [7, 11) is 0. The Labute approximate surface area is 193 Å². The van der Waals surface area contributed by atoms with Crippen molar-refractivity contribution >= 4 is 10.9 Å². The van der Waals surface area contributed by atoms with Crippen molar-refractivity contribution in [3.8, 4) is 0 Å². The lowest BCUT2D eigenvalue weighted by molar-refractivity contribution is 0.0647. The predicted octanol–water partition coefficient (Wildman–Crippen LogP) is 2.49. The van der Waals surface area contributed by atoms with Crippen molar-refractivity contribution in [2.45, 2.75) is 71.4 Å². The highest BCUT2D eigenvalue weighted by Gasteiger charge is 2.24. The van der Waals surface area contributed by atoms with Crippen LogP contribution in [-0.2, 0) is 29.1 Å². The van der Waals surface area contributed by atoms with Crippen LogP contribution in [0.2, 0.25) is 0 Å². The Hall–Kier alpha value is -2.62. The SMILES string of the molecule is Cc1cc2cc(CN(Cc3nnnn3CC3CCCO3)CC3CCCO3)c(=O)[nH]c2cc1C. The van der Waals surface area contributed by atoms with Gasteiger partial charge in [0.1, 0.15) is 0 Å². The number of rotatable bonds is 8. The molecule has 3 aromatic rings. The molecule has 0 radical (unpaired) electrons. The molecule has 2 aliphatic heterocycles. The fourth-order valence-corrected chi connectivity index (χ4v) is 4.80. The maximum atomic E-state index is 12.9. The fourth-order valence-electron chi connectivity index (χ4n) is 4.80. The van der Waals surface area contributed by atoms with Gasteiger partial charge >= 0.3 is 0 Å². The standard InChI is InChI=1S/C24H32N6O3/c1-16-9-18-11-19(24(31)25-22(18)10-17(16)2)12-29(13-20-5-3-7-32-20)15-23-26-27-28-30(23)14-21-6-4-8-33-21/h9-11,20-21H,3-8,12-15H2,1-2H3,(H,25,31). The van der Waals surface area contributed by atoms with Crippen LogP contribution in [0.5, 0.6) is 0 Å². The number of tetrazole rings is 1. The Morgan fingerprint density at radius 3 is 2.58 bits per heavy atom. The van der Waals surface area contributed by atoms with Gasteiger partial charge in [0.15, 0.2) is 5.82 Å². The number of aromatic nitrogens is 5. The summed E-state index contributed by atoms with van der Waals surface area (Å²) in [5, 5.41) is 13.4. The van der Waals surface area contributed by atoms with E-state index in [1.807, 2.05) is 16.8 Å². The van der Waals surface area contributed by atoms with Crippen molar-refractivity contribution in [1.29, 1.82) is 0 Å². The molecule has 4 heterocycles. The molecule has 0 aliphatic carbocycles. The minimum atomic E-state index is -0.0537. The summed E-state index contributed by atoms with van der Waals surface area (Å²) in [6, 6.07) is 6.19. The molecule has 2 atom stereocenters. The average molecular weight is 453 g/mol. The number of benzene rings is 1. The van der Waals surface area contributed by atoms with E-state index in [1.54, 1.807) is 0 Å². The van der Waals surface area contributed by atoms with E-state index in [0.29, 0.717) is 19.6 Å². The van der Waals surface area contributed by atoms with Gasteiger partial charge in [-0.25, -0.2) is 4.68 Å². The lowest BCUT2D eigenvalue weighted by atomic mass is 10.0. The van der Waals surface area contributed by atoms with Gasteiger partial charge in [-0.15, -0.1) is 5.10 Å². The van der Waals surface area contributed by atoms with Gasteiger partial charge in [0.2, 0.25) is 0 Å². The van der Waals surface area contributed by atoms with Crippen LogP contribution >= 0.6 is 0 Å². The molecule has 0 saturated carbocycles. The van der Waals surface area contributed by atoms with Crippen LogP contribution in [0.15, 0.2) is 23.0 Å². The number of aromatic amines is 1. The Kier molecular flexibility index (Phi) is 6.52. The first-order valence-electron chi connectivity index (χ1n) is 11.9. The van der Waals surface area contributed by atoms with Crippen molar-refractivity contribution in [3.05, 3.63) is 51.1 Å². The first-order chi connectivity index (χ1) is 16.0. The molecule has 33 heavy (non-hydrogen) atoms. The van der Waals surface area contributed by atoms with Crippen LogP contribution in [0.25, 0.3) is 10.9 Å². The molecule has 0 bridgehead atoms. The van der Waals surface area contributed by atoms with Gasteiger partial charge in [0.05, 0.1) is 25.3 Å². The molecule has 1 aromatic carbocycles. The quantitative estimate of drug-likeness (QED) is 0.561. The molecule has 5 rings (SSSR count). The number of aryl methyl sites for hydroxylation is 2. The molecule has 2 saturated heterocycles. The van der Waals surface area contributed by atoms with Crippen molar-refractivity contribution < 1.29 is 9.47 Å². The predicted molar refractivity (Wildman–Crippen MR) is 124 cm³/mol. The largest absolute Gasteiger partial charge is 0.377 e. The molecular formula is C24H32N6O3. The Morgan fingerprint density at radius 1 is 1.06 bits per heavy atom. The van der Waals surface area contributed by atoms with Crippen molar-refractivity contribution in [2.24, 2.45) is 0 Å². The minimum Gasteiger partial charge on any atom is -0.377 e. The molecule has 2 unspecified atom stereocenters. The second-order valence-electron chi connectivity index (χ2n) is 9.36. The average Bonchev–Trinajstić information content (AvgIpc) is 3.55. The summed E-state index contributed by atoms with van der Waals surface area (Å²) in [5.41, 5.74) is 3.94. The first kappa shape index (κ1) is 22.2. The van der Waals surface area contributed by atoms with Crippen molar-refractivity contribution in [1.82, 2.24) is 30.1 Å². The van der Waals surface area contributed by atoms with Crippen LogP contribution in [-0.4, -0.2) is 62.1 Å². The second-order valence-corrected chi connectivity index (χ2v) is 9.36. The molecular weight excluding hydrogens is 420 g/mol. The molecule has 9 nitrogen and oxygen atoms in total. The summed E-state index contributed by atoms with van der Waals surface area (Å²) in [6.45, 7) is 8.20. The number of ether oxygens (including phenoxy) is 2. The monoisotopic (exact) mass is 452 g/mol. The maximum absolute atomic E-state index is 12.9. The number of H-pyrrole nitrogens is 1. The van der Waals surface area contributed by atoms with Crippen molar-refractivity contribution in [2.75, 3.05) is 19.8 Å². The van der Waals surface area contributed by atoms with Crippen LogP contribution in [0.1, 0.15) is 48.2 Å². The smallest absolute Gasteiger partial charge is 0.252 e. The fraction of sp³-hybridized carbons (Fsp3) is 0.583. The second kappa shape index (κ2) is 9.70. The zero-order chi connectivity index (χ0) is 22.8. The van der Waals surface area contributed by atoms with Gasteiger partial charge < -0.3 is 14.5 Å². The van der Waals surface area contributed by atoms with Crippen LogP contribution in [0.3, 0.4) is 0 Å². The zero-order valence-corrected chi connectivity index (χ0v) is 19.4. The zero-order valence-electron chi connectivity index (χ0n) is 19.4. The summed E-state index contributed by atoms with van der Waals surface area (Å²) in [5.74, 6) is 0.784. The summed E-state index contributed by atoms with van der Waals surface area (Å²) >= 11 is 0. The molecule has 0 spiro atoms. The molecule has 0 amide bonds. The van der Waals surface area contributed by atoms with E-state index in [0.717, 1.165) is 67.7 Å². The van der Waals surface area contributed by atoms with E-state index in [9.17, 15) is 4.79 Å². The van der Waals surface area contributed by atoms with Crippen molar-refractivity contribution in [3.63, 3.8) is 0 Å². The van der Waals surface area contributed by atoms with Gasteiger partial charge in [-0.3, -0.25) is 9.69 Å². The van der Waals surface area contributed by atoms with Crippen LogP contribution < -0.4 is 5.56 Å². The van der Waals surface area contributed by atoms with E-state index in [-0.39, 0.29) is 17.8 Å². The van der Waals surface area contributed by atoms with Gasteiger partial charge in [-0.1, -0.05) is 0 Å². The number of nitrogens with zero attached hydrogens (tertiary/aromatic N) is 5. The Balaban J connectivity index is 1.39. The molecule has 2 aliphatic rings. The van der Waals surface area contributed by atoms with Gasteiger partial charge in [-0.05, 0) is 84.7 Å². The number of nitrogens with one attached hydrogen (secondary N) is 1. The third-order valence-electron chi connectivity index (χ3n) is 6.79. The highest BCUT2D eigenvalue weighted by atomic mass is 16.5. The molecule has 2 aromatic heterocycles. The third kappa shape index (κ3) is 5.15. The van der Waals surface area contributed by atoms with E-state index in [1.165, 1.54) is 11.1 Å². The molecule has 176 valence electrons. The number of fused-ring (bicyclic) bond motifs is 1. The number of hydrogen-bond donors (Lipinski definition) is 1. The summed E-state index contributed by atoms with van der Waals surface area (Å²) in [6.07, 6.45) is 4.54. The first-order valence-corrected chi connectivity index (χ1v) is 11.9. The third-order valence-corrected chi connectivity index (χ3v) is 6.79. The Morgan fingerprint density at radius 2 is 1.82 bits per heavy atom. The van der Waals surface area contributed by atoms with Gasteiger partial charge in [-0.2, -0.15) is 0 Å². The lowest BCUT2D eigenvalue weighted by Crippen LogP contribution is -2.34. The van der Waals surface area contributed by atoms with E-state index in [2.05, 4.69) is 45.3 Å². The minimum absolute atomic E-state index is 0.0537. The maximum Gasteiger partial charge on any atom is 0.252 e. The number of hydrogen-bond acceptors (Lipinski definition) is 7. The topological polar surface area (TPSA) is 98.2 Å². The molecule has 2 fully saturated rings. The molecule has 1 N–H and O–H groups in total. The van der Waals surface area contributed by atoms with Gasteiger partial charge in [0.25, 0.3) is 5.56 Å². The normalized spacial score (nSPS) is 20.9. The summed E-state index contributed by atoms with van der Waals surface area (Å²) in [4.78, 5) is 18.2.